The molecule has 0 heterocycles. The summed E-state index contributed by atoms with van der Waals surface area (Å²) in [6, 6.07) is 0. The Morgan fingerprint density at radius 1 is 1.20 bits per heavy atom. The number of hydrogen-bond acceptors (Lipinski definition) is 0. The number of rotatable bonds is 4. The van der Waals surface area contributed by atoms with E-state index in [0.29, 0.717) is 0 Å². The lowest BCUT2D eigenvalue weighted by atomic mass is 10.1. The smallest absolute Gasteiger partial charge is 0.0300 e. The molecule has 0 aromatic heterocycles. The highest BCUT2D eigenvalue weighted by molar-refractivity contribution is 4.97. The lowest BCUT2D eigenvalue weighted by Gasteiger charge is -2.00. The van der Waals surface area contributed by atoms with Gasteiger partial charge in [0.1, 0.15) is 0 Å². The summed E-state index contributed by atoms with van der Waals surface area (Å²) in [4.78, 5) is 0. The lowest BCUT2D eigenvalue weighted by Crippen LogP contribution is -1.82. The number of allylic oxidation sites excluding steroid dienone is 2. The molecule has 0 N–H and O–H groups in total. The molecule has 0 heteroatoms. The van der Waals surface area contributed by atoms with Crippen LogP contribution in [0.5, 0.6) is 0 Å². The summed E-state index contributed by atoms with van der Waals surface area (Å²) in [5.41, 5.74) is 1.52. The Kier molecular flexibility index (Phi) is 5.38. The number of hydrogen-bond donors (Lipinski definition) is 0. The minimum Gasteiger partial charge on any atom is -0.0856 e. The molecule has 0 atom stereocenters. The van der Waals surface area contributed by atoms with Crippen LogP contribution < -0.4 is 0 Å². The van der Waals surface area contributed by atoms with Crippen molar-refractivity contribution in [3.05, 3.63) is 17.6 Å². The Morgan fingerprint density at radius 2 is 1.80 bits per heavy atom. The average molecular weight is 139 g/mol. The molecule has 0 fully saturated rings. The summed E-state index contributed by atoms with van der Waals surface area (Å²) in [5, 5.41) is 0. The summed E-state index contributed by atoms with van der Waals surface area (Å²) in [6.07, 6.45) is 6.01. The van der Waals surface area contributed by atoms with Gasteiger partial charge >= 0.3 is 0 Å². The van der Waals surface area contributed by atoms with Crippen molar-refractivity contribution in [1.82, 2.24) is 0 Å². The summed E-state index contributed by atoms with van der Waals surface area (Å²) in [5.74, 6) is 1.53. The van der Waals surface area contributed by atoms with Crippen LogP contribution in [-0.2, 0) is 0 Å². The molecule has 0 rings (SSSR count). The van der Waals surface area contributed by atoms with Gasteiger partial charge in [0.15, 0.2) is 0 Å². The van der Waals surface area contributed by atoms with Crippen molar-refractivity contribution < 1.29 is 0 Å². The van der Waals surface area contributed by atoms with Crippen LogP contribution in [0.1, 0.15) is 47.0 Å². The third-order valence-electron chi connectivity index (χ3n) is 1.69. The molecule has 10 heavy (non-hydrogen) atoms. The highest BCUT2D eigenvalue weighted by Crippen LogP contribution is 2.09. The Balaban J connectivity index is 3.34. The molecule has 0 aromatic carbocycles. The van der Waals surface area contributed by atoms with Gasteiger partial charge < -0.3 is 0 Å². The van der Waals surface area contributed by atoms with Crippen LogP contribution in [0.2, 0.25) is 0 Å². The highest BCUT2D eigenvalue weighted by Gasteiger charge is 1.91. The fourth-order valence-electron chi connectivity index (χ4n) is 0.752. The summed E-state index contributed by atoms with van der Waals surface area (Å²) >= 11 is 0. The average Bonchev–Trinajstić information content (AvgIpc) is 1.87. The standard InChI is InChI=1S/C10H19/c1-5-10(4)8-6-7-9(2)3/h8H,5-7H2,1-4H3. The van der Waals surface area contributed by atoms with E-state index >= 15 is 0 Å². The van der Waals surface area contributed by atoms with E-state index in [1.165, 1.54) is 30.8 Å². The van der Waals surface area contributed by atoms with Gasteiger partial charge in [-0.05, 0) is 32.1 Å². The van der Waals surface area contributed by atoms with Crippen molar-refractivity contribution in [3.8, 4) is 0 Å². The van der Waals surface area contributed by atoms with Gasteiger partial charge in [0.25, 0.3) is 0 Å². The SMILES string of the molecule is CCC(C)=CCC[C](C)C. The van der Waals surface area contributed by atoms with Gasteiger partial charge in [0, 0.05) is 0 Å². The lowest BCUT2D eigenvalue weighted by molar-refractivity contribution is 0.843. The van der Waals surface area contributed by atoms with E-state index < -0.39 is 0 Å². The van der Waals surface area contributed by atoms with Crippen molar-refractivity contribution in [1.29, 1.82) is 0 Å². The van der Waals surface area contributed by atoms with Gasteiger partial charge in [0.2, 0.25) is 0 Å². The molecular weight excluding hydrogens is 120 g/mol. The van der Waals surface area contributed by atoms with Crippen LogP contribution in [-0.4, -0.2) is 0 Å². The first kappa shape index (κ1) is 9.74. The second-order valence-corrected chi connectivity index (χ2v) is 3.15. The van der Waals surface area contributed by atoms with E-state index in [-0.39, 0.29) is 0 Å². The van der Waals surface area contributed by atoms with E-state index in [9.17, 15) is 0 Å². The maximum atomic E-state index is 2.34. The molecule has 0 aliphatic heterocycles. The highest BCUT2D eigenvalue weighted by atomic mass is 14.0. The molecule has 59 valence electrons. The van der Waals surface area contributed by atoms with E-state index in [4.69, 9.17) is 0 Å². The normalized spacial score (nSPS) is 12.7. The Hall–Kier alpha value is -0.260. The topological polar surface area (TPSA) is 0 Å². The zero-order chi connectivity index (χ0) is 7.98. The second-order valence-electron chi connectivity index (χ2n) is 3.15. The summed E-state index contributed by atoms with van der Waals surface area (Å²) in [7, 11) is 0. The molecule has 0 unspecified atom stereocenters. The van der Waals surface area contributed by atoms with Crippen molar-refractivity contribution >= 4 is 0 Å². The van der Waals surface area contributed by atoms with Crippen molar-refractivity contribution in [3.63, 3.8) is 0 Å². The van der Waals surface area contributed by atoms with Crippen molar-refractivity contribution in [2.75, 3.05) is 0 Å². The third kappa shape index (κ3) is 5.87. The van der Waals surface area contributed by atoms with E-state index in [1.54, 1.807) is 0 Å². The summed E-state index contributed by atoms with van der Waals surface area (Å²) < 4.78 is 0. The predicted octanol–water partition coefficient (Wildman–Crippen LogP) is 3.74. The molecular formula is C10H19. The molecule has 1 radical (unpaired) electrons. The maximum absolute atomic E-state index is 2.34. The van der Waals surface area contributed by atoms with Gasteiger partial charge in [-0.3, -0.25) is 0 Å². The zero-order valence-electron chi connectivity index (χ0n) is 7.70. The molecule has 0 saturated carbocycles. The third-order valence-corrected chi connectivity index (χ3v) is 1.69. The molecule has 0 aliphatic rings. The molecule has 0 amide bonds. The second kappa shape index (κ2) is 5.52. The quantitative estimate of drug-likeness (QED) is 0.520. The van der Waals surface area contributed by atoms with Gasteiger partial charge in [-0.2, -0.15) is 0 Å². The Morgan fingerprint density at radius 3 is 2.20 bits per heavy atom. The Bertz CT molecular complexity index is 98.6. The van der Waals surface area contributed by atoms with Crippen LogP contribution >= 0.6 is 0 Å². The van der Waals surface area contributed by atoms with Crippen LogP contribution in [0.25, 0.3) is 0 Å². The van der Waals surface area contributed by atoms with Crippen molar-refractivity contribution in [2.45, 2.75) is 47.0 Å². The Labute approximate surface area is 65.3 Å². The maximum Gasteiger partial charge on any atom is -0.0300 e. The molecule has 0 aliphatic carbocycles. The molecule has 0 spiro atoms. The van der Waals surface area contributed by atoms with E-state index in [0.717, 1.165) is 0 Å². The fraction of sp³-hybridized carbons (Fsp3) is 0.700. The van der Waals surface area contributed by atoms with Crippen LogP contribution in [0.4, 0.5) is 0 Å². The first-order valence-electron chi connectivity index (χ1n) is 4.11. The fourth-order valence-corrected chi connectivity index (χ4v) is 0.752. The largest absolute Gasteiger partial charge is 0.0856 e. The monoisotopic (exact) mass is 139 g/mol. The summed E-state index contributed by atoms with van der Waals surface area (Å²) in [6.45, 7) is 8.78. The molecule has 0 aromatic rings. The molecule has 0 nitrogen and oxygen atoms in total. The minimum atomic E-state index is 1.20. The minimum absolute atomic E-state index is 1.20. The predicted molar refractivity (Wildman–Crippen MR) is 47.9 cm³/mol. The van der Waals surface area contributed by atoms with Crippen LogP contribution in [0.15, 0.2) is 11.6 Å². The van der Waals surface area contributed by atoms with E-state index in [2.05, 4.69) is 33.8 Å². The van der Waals surface area contributed by atoms with Crippen LogP contribution in [0.3, 0.4) is 0 Å². The molecule has 0 bridgehead atoms. The van der Waals surface area contributed by atoms with Gasteiger partial charge in [-0.1, -0.05) is 32.4 Å². The van der Waals surface area contributed by atoms with Crippen LogP contribution in [0, 0.1) is 5.92 Å². The molecule has 0 saturated heterocycles. The first-order chi connectivity index (χ1) is 4.66. The van der Waals surface area contributed by atoms with Gasteiger partial charge in [-0.15, -0.1) is 0 Å². The van der Waals surface area contributed by atoms with E-state index in [1.807, 2.05) is 0 Å². The zero-order valence-corrected chi connectivity index (χ0v) is 7.70. The first-order valence-corrected chi connectivity index (χ1v) is 4.11. The van der Waals surface area contributed by atoms with Gasteiger partial charge in [0.05, 0.1) is 0 Å². The van der Waals surface area contributed by atoms with Gasteiger partial charge in [-0.25, -0.2) is 0 Å². The van der Waals surface area contributed by atoms with Crippen molar-refractivity contribution in [2.24, 2.45) is 0 Å².